The zero-order valence-corrected chi connectivity index (χ0v) is 14.7. The Morgan fingerprint density at radius 2 is 0.212 bits per heavy atom. The summed E-state index contributed by atoms with van der Waals surface area (Å²) in [6.07, 6.45) is 0. The van der Waals surface area contributed by atoms with Crippen LogP contribution in [0.5, 0.6) is 0 Å². The van der Waals surface area contributed by atoms with E-state index in [4.69, 9.17) is 87.6 Å². The first-order chi connectivity index (χ1) is 10.0. The van der Waals surface area contributed by atoms with Gasteiger partial charge in [0.1, 0.15) is 0 Å². The fourth-order valence-corrected chi connectivity index (χ4v) is 0. The Balaban J connectivity index is -0.0000000130. The fourth-order valence-electron chi connectivity index (χ4n) is 0. The van der Waals surface area contributed by atoms with Crippen molar-refractivity contribution >= 4 is 288 Å². The van der Waals surface area contributed by atoms with Crippen LogP contribution in [0.3, 0.4) is 0 Å². The molecule has 0 saturated carbocycles. The summed E-state index contributed by atoms with van der Waals surface area (Å²) in [5.74, 6) is 0. The molecule has 10 N–H and O–H groups in total. The van der Waals surface area contributed by atoms with Crippen molar-refractivity contribution < 1.29 is 87.6 Å². The topological polar surface area (TPSA) is 373 Å². The van der Waals surface area contributed by atoms with Gasteiger partial charge in [0, 0.05) is 0 Å². The van der Waals surface area contributed by atoms with Crippen LogP contribution in [0, 0.1) is 0 Å². The molecule has 0 bridgehead atoms. The molecule has 33 heteroatoms. The van der Waals surface area contributed by atoms with Gasteiger partial charge in [-0.1, -0.05) is 0 Å². The molecule has 0 unspecified atom stereocenters. The van der Waals surface area contributed by atoms with Crippen LogP contribution in [0.15, 0.2) is 0 Å². The van der Waals surface area contributed by atoms with Crippen molar-refractivity contribution in [2.45, 2.75) is 0 Å². The Hall–Kier alpha value is 7.35. The van der Waals surface area contributed by atoms with Gasteiger partial charge >= 0.3 is 288 Å². The van der Waals surface area contributed by atoms with Crippen LogP contribution in [0.1, 0.15) is 0 Å². The van der Waals surface area contributed by atoms with Crippen molar-refractivity contribution in [3.05, 3.63) is 0 Å². The minimum atomic E-state index is -4.67. The van der Waals surface area contributed by atoms with E-state index >= 15 is 0 Å². The molecule has 0 fully saturated rings. The van der Waals surface area contributed by atoms with Crippen LogP contribution in [0.2, 0.25) is 0 Å². The summed E-state index contributed by atoms with van der Waals surface area (Å²) in [5.41, 5.74) is 0. The molecule has 0 aliphatic rings. The van der Waals surface area contributed by atoms with Gasteiger partial charge in [-0.3, -0.25) is 45.5 Å². The summed E-state index contributed by atoms with van der Waals surface area (Å²) in [6, 6.07) is 0. The van der Waals surface area contributed by atoms with E-state index in [9.17, 15) is 0 Å². The molecule has 0 spiro atoms. The first-order valence-electron chi connectivity index (χ1n) is 3.49. The van der Waals surface area contributed by atoms with Crippen LogP contribution in [-0.4, -0.2) is 324 Å². The van der Waals surface area contributed by atoms with Gasteiger partial charge in [0.2, 0.25) is 0 Å². The normalized spacial score (nSPS) is 8.79. The Labute approximate surface area is 367 Å². The third-order valence-corrected chi connectivity index (χ3v) is 0. The van der Waals surface area contributed by atoms with Crippen LogP contribution in [0.4, 0.5) is 0 Å². The summed E-state index contributed by atoms with van der Waals surface area (Å²) in [7, 11) is -23.3. The average Bonchev–Trinajstić information content (AvgIpc) is 1.79. The SMILES string of the molecule is O=S(=O)(O)O.O=S(=O)(O)O.O=S(=O)(O)O.O=S(=O)(O)O.O=S(=O)(O)O.[NaH].[NaH].[NaH].[NaH].[NaH].[NaH].[NaH].[NaH]. The quantitative estimate of drug-likeness (QED) is 0.0837. The Bertz CT molecular complexity index is 635. The molecule has 0 saturated heterocycles. The van der Waals surface area contributed by atoms with Crippen molar-refractivity contribution in [3.8, 4) is 0 Å². The summed E-state index contributed by atoms with van der Waals surface area (Å²) < 4.78 is 158. The number of rotatable bonds is 0. The molecule has 33 heavy (non-hydrogen) atoms. The third-order valence-electron chi connectivity index (χ3n) is 0. The van der Waals surface area contributed by atoms with E-state index < -0.39 is 52.0 Å². The molecule has 0 aliphatic carbocycles. The van der Waals surface area contributed by atoms with Gasteiger partial charge in [-0.2, -0.15) is 42.1 Å². The van der Waals surface area contributed by atoms with E-state index in [0.29, 0.717) is 0 Å². The molecule has 0 aromatic heterocycles. The molecule has 0 aliphatic heterocycles. The van der Waals surface area contributed by atoms with Gasteiger partial charge in [0.25, 0.3) is 0 Å². The molecule has 0 aromatic rings. The molecule has 0 amide bonds. The third kappa shape index (κ3) is 1020. The fraction of sp³-hybridized carbons (Fsp3) is 0. The van der Waals surface area contributed by atoms with Gasteiger partial charge in [-0.15, -0.1) is 0 Å². The van der Waals surface area contributed by atoms with Gasteiger partial charge < -0.3 is 0 Å². The first-order valence-corrected chi connectivity index (χ1v) is 10.5. The Morgan fingerprint density at radius 3 is 0.212 bits per heavy atom. The van der Waals surface area contributed by atoms with Crippen LogP contribution < -0.4 is 0 Å². The van der Waals surface area contributed by atoms with E-state index in [1.54, 1.807) is 0 Å². The van der Waals surface area contributed by atoms with Crippen LogP contribution >= 0.6 is 0 Å². The monoisotopic (exact) mass is 682 g/mol. The maximum atomic E-state index is 8.74. The van der Waals surface area contributed by atoms with Crippen molar-refractivity contribution in [1.29, 1.82) is 0 Å². The zero-order chi connectivity index (χ0) is 22.5. The second-order valence-electron chi connectivity index (χ2n) is 2.24. The zero-order valence-electron chi connectivity index (χ0n) is 10.6. The molecule has 0 rings (SSSR count). The van der Waals surface area contributed by atoms with E-state index in [1.165, 1.54) is 0 Å². The number of hydrogen-bond acceptors (Lipinski definition) is 10. The Morgan fingerprint density at radius 1 is 0.212 bits per heavy atom. The van der Waals surface area contributed by atoms with E-state index in [0.717, 1.165) is 0 Å². The van der Waals surface area contributed by atoms with Crippen LogP contribution in [0.25, 0.3) is 0 Å². The molecule has 0 atom stereocenters. The summed E-state index contributed by atoms with van der Waals surface area (Å²) in [6.45, 7) is 0. The van der Waals surface area contributed by atoms with Crippen molar-refractivity contribution in [2.75, 3.05) is 0 Å². The second-order valence-corrected chi connectivity index (χ2v) is 6.72. The van der Waals surface area contributed by atoms with E-state index in [-0.39, 0.29) is 236 Å². The molecule has 176 valence electrons. The first kappa shape index (κ1) is 83.5. The van der Waals surface area contributed by atoms with E-state index in [1.807, 2.05) is 0 Å². The molecular formula is H18Na8O20S5. The van der Waals surface area contributed by atoms with E-state index in [2.05, 4.69) is 0 Å². The maximum absolute atomic E-state index is 8.74. The van der Waals surface area contributed by atoms with Crippen molar-refractivity contribution in [1.82, 2.24) is 0 Å². The minimum absolute atomic E-state index is 0. The van der Waals surface area contributed by atoms with Gasteiger partial charge in [-0.25, -0.2) is 0 Å². The second kappa shape index (κ2) is 41.5. The van der Waals surface area contributed by atoms with Gasteiger partial charge in [0.15, 0.2) is 0 Å². The number of hydrogen-bond donors (Lipinski definition) is 10. The predicted molar refractivity (Wildman–Crippen MR) is 128 cm³/mol. The molecular weight excluding hydrogens is 664 g/mol. The predicted octanol–water partition coefficient (Wildman–Crippen LogP) is -8.45. The van der Waals surface area contributed by atoms with Crippen molar-refractivity contribution in [2.24, 2.45) is 0 Å². The summed E-state index contributed by atoms with van der Waals surface area (Å²) in [4.78, 5) is 0. The summed E-state index contributed by atoms with van der Waals surface area (Å²) in [5, 5.41) is 0. The van der Waals surface area contributed by atoms with Crippen LogP contribution in [-0.2, 0) is 52.0 Å². The van der Waals surface area contributed by atoms with Gasteiger partial charge in [-0.05, 0) is 0 Å². The molecule has 0 heterocycles. The molecule has 20 nitrogen and oxygen atoms in total. The van der Waals surface area contributed by atoms with Gasteiger partial charge in [0.05, 0.1) is 0 Å². The average molecular weight is 682 g/mol. The standard InChI is InChI=1S/8Na.5H2O4S.8H/c;;;;;;;;5*1-5(2,3)4;;;;;;;;/h;;;;;;;;5*(H2,1,2,3,4);;;;;;;;. The summed E-state index contributed by atoms with van der Waals surface area (Å²) >= 11 is 0. The molecule has 0 radical (unpaired) electrons. The molecule has 0 aromatic carbocycles. The Kier molecular flexibility index (Phi) is 105. The van der Waals surface area contributed by atoms with Crippen molar-refractivity contribution in [3.63, 3.8) is 0 Å².